The van der Waals surface area contributed by atoms with Crippen molar-refractivity contribution in [1.82, 2.24) is 9.80 Å². The summed E-state index contributed by atoms with van der Waals surface area (Å²) in [7, 11) is -3.64. The lowest BCUT2D eigenvalue weighted by Gasteiger charge is -2.36. The maximum absolute atomic E-state index is 13.2. The van der Waals surface area contributed by atoms with Crippen molar-refractivity contribution in [2.45, 2.75) is 12.3 Å². The lowest BCUT2D eigenvalue weighted by Crippen LogP contribution is -2.52. The standard InChI is InChI=1S/C15H18ClF4N3O3S/c1-27(25,26)21-12-3-2-10(16)8-11(12)13(24)23-6-4-22(5-7-23)9-15(19,20)14(17)18/h2-3,8,14,21H,4-7,9H2,1H3. The highest BCUT2D eigenvalue weighted by atomic mass is 35.5. The van der Waals surface area contributed by atoms with Gasteiger partial charge in [0, 0.05) is 31.2 Å². The zero-order chi connectivity index (χ0) is 20.4. The van der Waals surface area contributed by atoms with Crippen LogP contribution in [0.15, 0.2) is 18.2 Å². The fraction of sp³-hybridized carbons (Fsp3) is 0.533. The van der Waals surface area contributed by atoms with Gasteiger partial charge >= 0.3 is 12.3 Å². The molecule has 27 heavy (non-hydrogen) atoms. The van der Waals surface area contributed by atoms with Crippen LogP contribution in [0.3, 0.4) is 0 Å². The first-order valence-corrected chi connectivity index (χ1v) is 10.1. The minimum atomic E-state index is -4.12. The molecule has 0 spiro atoms. The molecule has 152 valence electrons. The van der Waals surface area contributed by atoms with E-state index < -0.39 is 34.8 Å². The zero-order valence-electron chi connectivity index (χ0n) is 14.3. The molecule has 1 saturated heterocycles. The van der Waals surface area contributed by atoms with Gasteiger partial charge in [0.2, 0.25) is 10.0 Å². The maximum atomic E-state index is 13.2. The van der Waals surface area contributed by atoms with Crippen LogP contribution in [0.2, 0.25) is 5.02 Å². The number of carbonyl (C=O) groups is 1. The Morgan fingerprint density at radius 1 is 1.26 bits per heavy atom. The van der Waals surface area contributed by atoms with E-state index >= 15 is 0 Å². The van der Waals surface area contributed by atoms with E-state index in [1.165, 1.54) is 23.1 Å². The second kappa shape index (κ2) is 8.19. The molecule has 0 bridgehead atoms. The summed E-state index contributed by atoms with van der Waals surface area (Å²) in [6.07, 6.45) is -2.83. The minimum Gasteiger partial charge on any atom is -0.336 e. The Kier molecular flexibility index (Phi) is 6.59. The molecule has 1 aromatic carbocycles. The number of halogens is 5. The number of carbonyl (C=O) groups excluding carboxylic acids is 1. The lowest BCUT2D eigenvalue weighted by atomic mass is 10.1. The van der Waals surface area contributed by atoms with Gasteiger partial charge in [-0.05, 0) is 18.2 Å². The molecule has 0 saturated carbocycles. The number of amides is 1. The smallest absolute Gasteiger partial charge is 0.319 e. The van der Waals surface area contributed by atoms with Gasteiger partial charge in [-0.2, -0.15) is 8.78 Å². The monoisotopic (exact) mass is 431 g/mol. The molecule has 12 heteroatoms. The first-order chi connectivity index (χ1) is 12.4. The van der Waals surface area contributed by atoms with E-state index in [0.29, 0.717) is 0 Å². The van der Waals surface area contributed by atoms with E-state index in [-0.39, 0.29) is 42.5 Å². The zero-order valence-corrected chi connectivity index (χ0v) is 15.8. The third kappa shape index (κ3) is 5.94. The molecule has 0 atom stereocenters. The van der Waals surface area contributed by atoms with Crippen LogP contribution in [0, 0.1) is 0 Å². The van der Waals surface area contributed by atoms with Gasteiger partial charge in [-0.15, -0.1) is 0 Å². The van der Waals surface area contributed by atoms with Crippen LogP contribution >= 0.6 is 11.6 Å². The van der Waals surface area contributed by atoms with Crippen molar-refractivity contribution in [3.63, 3.8) is 0 Å². The van der Waals surface area contributed by atoms with Crippen molar-refractivity contribution < 1.29 is 30.8 Å². The van der Waals surface area contributed by atoms with Crippen molar-refractivity contribution >= 4 is 33.2 Å². The van der Waals surface area contributed by atoms with Crippen LogP contribution in [0.1, 0.15) is 10.4 Å². The number of anilines is 1. The molecule has 1 aliphatic rings. The number of alkyl halides is 4. The summed E-state index contributed by atoms with van der Waals surface area (Å²) in [5.41, 5.74) is 0.0536. The Morgan fingerprint density at radius 2 is 1.85 bits per heavy atom. The summed E-state index contributed by atoms with van der Waals surface area (Å²) in [5, 5.41) is 0.215. The molecule has 6 nitrogen and oxygen atoms in total. The summed E-state index contributed by atoms with van der Waals surface area (Å²) >= 11 is 5.89. The second-order valence-electron chi connectivity index (χ2n) is 6.19. The molecule has 0 unspecified atom stereocenters. The van der Waals surface area contributed by atoms with Gasteiger partial charge < -0.3 is 4.90 Å². The number of piperazine rings is 1. The molecule has 1 fully saturated rings. The molecule has 1 aliphatic heterocycles. The van der Waals surface area contributed by atoms with E-state index in [9.17, 15) is 30.8 Å². The van der Waals surface area contributed by atoms with E-state index in [1.807, 2.05) is 0 Å². The molecule has 0 radical (unpaired) electrons. The van der Waals surface area contributed by atoms with Gasteiger partial charge in [-0.3, -0.25) is 14.4 Å². The number of nitrogens with zero attached hydrogens (tertiary/aromatic N) is 2. The second-order valence-corrected chi connectivity index (χ2v) is 8.38. The van der Waals surface area contributed by atoms with Crippen LogP contribution in [0.5, 0.6) is 0 Å². The third-order valence-electron chi connectivity index (χ3n) is 3.92. The highest BCUT2D eigenvalue weighted by molar-refractivity contribution is 7.92. The molecule has 1 amide bonds. The van der Waals surface area contributed by atoms with Gasteiger partial charge in [0.05, 0.1) is 24.1 Å². The van der Waals surface area contributed by atoms with Crippen molar-refractivity contribution in [1.29, 1.82) is 0 Å². The summed E-state index contributed by atoms with van der Waals surface area (Å²) in [6.45, 7) is -1.05. The minimum absolute atomic E-state index is 0.0105. The fourth-order valence-corrected chi connectivity index (χ4v) is 3.38. The maximum Gasteiger partial charge on any atom is 0.319 e. The van der Waals surface area contributed by atoms with E-state index in [4.69, 9.17) is 11.6 Å². The molecular formula is C15H18ClF4N3O3S. The van der Waals surface area contributed by atoms with Crippen molar-refractivity contribution in [3.05, 3.63) is 28.8 Å². The summed E-state index contributed by atoms with van der Waals surface area (Å²) < 4.78 is 76.1. The number of hydrogen-bond donors (Lipinski definition) is 1. The molecule has 2 rings (SSSR count). The Bertz CT molecular complexity index is 799. The van der Waals surface area contributed by atoms with Gasteiger partial charge in [0.15, 0.2) is 0 Å². The first kappa shape index (κ1) is 21.7. The normalized spacial score (nSPS) is 16.6. The lowest BCUT2D eigenvalue weighted by molar-refractivity contribution is -0.144. The van der Waals surface area contributed by atoms with E-state index in [0.717, 1.165) is 11.2 Å². The number of benzene rings is 1. The molecular weight excluding hydrogens is 414 g/mol. The van der Waals surface area contributed by atoms with Crippen LogP contribution in [0.25, 0.3) is 0 Å². The van der Waals surface area contributed by atoms with Gasteiger partial charge in [-0.1, -0.05) is 11.6 Å². The van der Waals surface area contributed by atoms with Crippen LogP contribution in [-0.2, 0) is 10.0 Å². The highest BCUT2D eigenvalue weighted by Gasteiger charge is 2.42. The Balaban J connectivity index is 2.09. The highest BCUT2D eigenvalue weighted by Crippen LogP contribution is 2.26. The van der Waals surface area contributed by atoms with E-state index in [2.05, 4.69) is 4.72 Å². The number of sulfonamides is 1. The third-order valence-corrected chi connectivity index (χ3v) is 4.75. The number of nitrogens with one attached hydrogen (secondary N) is 1. The van der Waals surface area contributed by atoms with Crippen molar-refractivity contribution in [3.8, 4) is 0 Å². The van der Waals surface area contributed by atoms with Crippen LogP contribution in [-0.4, -0.2) is 75.5 Å². The first-order valence-electron chi connectivity index (χ1n) is 7.84. The topological polar surface area (TPSA) is 69.7 Å². The van der Waals surface area contributed by atoms with Crippen molar-refractivity contribution in [2.24, 2.45) is 0 Å². The van der Waals surface area contributed by atoms with Crippen LogP contribution in [0.4, 0.5) is 23.2 Å². The SMILES string of the molecule is CS(=O)(=O)Nc1ccc(Cl)cc1C(=O)N1CCN(CC(F)(F)C(F)F)CC1. The summed E-state index contributed by atoms with van der Waals surface area (Å²) in [4.78, 5) is 15.2. The molecule has 0 aromatic heterocycles. The predicted molar refractivity (Wildman–Crippen MR) is 93.2 cm³/mol. The Morgan fingerprint density at radius 3 is 2.37 bits per heavy atom. The Labute approximate surface area is 159 Å². The fourth-order valence-electron chi connectivity index (χ4n) is 2.63. The van der Waals surface area contributed by atoms with Gasteiger partial charge in [0.1, 0.15) is 0 Å². The van der Waals surface area contributed by atoms with E-state index in [1.54, 1.807) is 0 Å². The average molecular weight is 432 g/mol. The van der Waals surface area contributed by atoms with Gasteiger partial charge in [-0.25, -0.2) is 17.2 Å². The Hall–Kier alpha value is -1.59. The number of rotatable bonds is 6. The molecule has 0 aliphatic carbocycles. The van der Waals surface area contributed by atoms with Crippen molar-refractivity contribution in [2.75, 3.05) is 43.7 Å². The average Bonchev–Trinajstić information content (AvgIpc) is 2.55. The van der Waals surface area contributed by atoms with Crippen LogP contribution < -0.4 is 4.72 Å². The molecule has 1 heterocycles. The molecule has 1 N–H and O–H groups in total. The number of hydrogen-bond acceptors (Lipinski definition) is 4. The largest absolute Gasteiger partial charge is 0.336 e. The quantitative estimate of drug-likeness (QED) is 0.702. The van der Waals surface area contributed by atoms with Gasteiger partial charge in [0.25, 0.3) is 5.91 Å². The summed E-state index contributed by atoms with van der Waals surface area (Å²) in [6, 6.07) is 4.06. The summed E-state index contributed by atoms with van der Waals surface area (Å²) in [5.74, 6) is -4.66. The molecule has 1 aromatic rings. The predicted octanol–water partition coefficient (Wildman–Crippen LogP) is 2.37.